The molecule has 5 nitrogen and oxygen atoms in total. The van der Waals surface area contributed by atoms with E-state index in [4.69, 9.17) is 0 Å². The number of sulfone groups is 1. The third-order valence-corrected chi connectivity index (χ3v) is 5.80. The van der Waals surface area contributed by atoms with E-state index in [9.17, 15) is 8.42 Å². The van der Waals surface area contributed by atoms with Crippen molar-refractivity contribution in [1.82, 2.24) is 10.2 Å². The van der Waals surface area contributed by atoms with E-state index in [0.717, 1.165) is 6.54 Å². The van der Waals surface area contributed by atoms with Gasteiger partial charge in [-0.2, -0.15) is 0 Å². The lowest BCUT2D eigenvalue weighted by Gasteiger charge is -2.23. The number of aryl methyl sites for hydroxylation is 1. The number of rotatable bonds is 7. The van der Waals surface area contributed by atoms with E-state index in [1.165, 1.54) is 11.1 Å². The predicted molar refractivity (Wildman–Crippen MR) is 123 cm³/mol. The molecular weight excluding hydrogens is 473 g/mol. The fourth-order valence-electron chi connectivity index (χ4n) is 2.60. The van der Waals surface area contributed by atoms with Crippen molar-refractivity contribution in [3.8, 4) is 0 Å². The van der Waals surface area contributed by atoms with Crippen molar-refractivity contribution in [2.45, 2.75) is 25.3 Å². The lowest BCUT2D eigenvalue weighted by atomic mass is 10.1. The first-order valence-corrected chi connectivity index (χ1v) is 10.4. The monoisotopic (exact) mass is 501 g/mol. The smallest absolute Gasteiger partial charge is 0.193 e. The second-order valence-corrected chi connectivity index (χ2v) is 8.26. The summed E-state index contributed by atoms with van der Waals surface area (Å²) in [6.45, 7) is 5.74. The van der Waals surface area contributed by atoms with Gasteiger partial charge in [-0.15, -0.1) is 24.0 Å². The average molecular weight is 501 g/mol. The summed E-state index contributed by atoms with van der Waals surface area (Å²) in [4.78, 5) is 6.86. The van der Waals surface area contributed by atoms with Crippen LogP contribution in [0.1, 0.15) is 18.1 Å². The van der Waals surface area contributed by atoms with Crippen LogP contribution >= 0.6 is 24.0 Å². The van der Waals surface area contributed by atoms with Gasteiger partial charge in [0.15, 0.2) is 15.8 Å². The Morgan fingerprint density at radius 3 is 2.33 bits per heavy atom. The quantitative estimate of drug-likeness (QED) is 0.359. The van der Waals surface area contributed by atoms with Crippen molar-refractivity contribution in [2.75, 3.05) is 25.9 Å². The molecule has 0 bridgehead atoms. The number of halogens is 1. The third-order valence-electron chi connectivity index (χ3n) is 4.09. The van der Waals surface area contributed by atoms with Crippen molar-refractivity contribution in [1.29, 1.82) is 0 Å². The molecule has 27 heavy (non-hydrogen) atoms. The highest BCUT2D eigenvalue weighted by Gasteiger charge is 2.14. The summed E-state index contributed by atoms with van der Waals surface area (Å²) >= 11 is 0. The van der Waals surface area contributed by atoms with E-state index >= 15 is 0 Å². The van der Waals surface area contributed by atoms with Gasteiger partial charge in [0, 0.05) is 20.1 Å². The number of nitrogens with one attached hydrogen (secondary N) is 1. The summed E-state index contributed by atoms with van der Waals surface area (Å²) in [6.07, 6.45) is 0. The molecule has 0 fully saturated rings. The number of guanidine groups is 1. The Morgan fingerprint density at radius 2 is 1.70 bits per heavy atom. The van der Waals surface area contributed by atoms with Crippen LogP contribution in [-0.4, -0.2) is 45.2 Å². The number of hydrogen-bond acceptors (Lipinski definition) is 3. The van der Waals surface area contributed by atoms with Gasteiger partial charge in [-0.1, -0.05) is 42.5 Å². The van der Waals surface area contributed by atoms with Crippen molar-refractivity contribution in [3.63, 3.8) is 0 Å². The Morgan fingerprint density at radius 1 is 1.07 bits per heavy atom. The second kappa shape index (κ2) is 11.3. The largest absolute Gasteiger partial charge is 0.357 e. The van der Waals surface area contributed by atoms with Crippen LogP contribution < -0.4 is 5.32 Å². The minimum absolute atomic E-state index is 0. The molecule has 0 heterocycles. The minimum Gasteiger partial charge on any atom is -0.357 e. The van der Waals surface area contributed by atoms with Crippen LogP contribution in [0.25, 0.3) is 0 Å². The molecule has 1 N–H and O–H groups in total. The van der Waals surface area contributed by atoms with Crippen molar-refractivity contribution in [2.24, 2.45) is 4.99 Å². The van der Waals surface area contributed by atoms with E-state index in [1.54, 1.807) is 30.3 Å². The predicted octanol–water partition coefficient (Wildman–Crippen LogP) is 3.48. The Balaban J connectivity index is 0.00000364. The van der Waals surface area contributed by atoms with Crippen molar-refractivity contribution < 1.29 is 8.42 Å². The summed E-state index contributed by atoms with van der Waals surface area (Å²) in [5.74, 6) is 0.698. The van der Waals surface area contributed by atoms with Gasteiger partial charge < -0.3 is 10.2 Å². The molecule has 0 saturated carbocycles. The van der Waals surface area contributed by atoms with Crippen LogP contribution in [-0.2, 0) is 16.4 Å². The Kier molecular flexibility index (Phi) is 9.79. The Bertz CT molecular complexity index is 839. The highest BCUT2D eigenvalue weighted by Crippen LogP contribution is 2.11. The van der Waals surface area contributed by atoms with Crippen LogP contribution in [0.4, 0.5) is 0 Å². The van der Waals surface area contributed by atoms with Gasteiger partial charge in [0.25, 0.3) is 0 Å². The van der Waals surface area contributed by atoms with Crippen LogP contribution in [0.3, 0.4) is 0 Å². The van der Waals surface area contributed by atoms with Gasteiger partial charge in [0.2, 0.25) is 0 Å². The summed E-state index contributed by atoms with van der Waals surface area (Å²) < 4.78 is 24.7. The van der Waals surface area contributed by atoms with Gasteiger partial charge in [-0.3, -0.25) is 4.99 Å². The first kappa shape index (κ1) is 23.4. The summed E-state index contributed by atoms with van der Waals surface area (Å²) in [5.41, 5.74) is 2.44. The molecule has 148 valence electrons. The molecule has 0 radical (unpaired) electrons. The lowest BCUT2D eigenvalue weighted by molar-refractivity contribution is 0.476. The first-order chi connectivity index (χ1) is 12.4. The molecule has 0 amide bonds. The van der Waals surface area contributed by atoms with Gasteiger partial charge in [-0.05, 0) is 37.1 Å². The summed E-state index contributed by atoms with van der Waals surface area (Å²) in [6, 6.07) is 16.7. The van der Waals surface area contributed by atoms with E-state index in [1.807, 2.05) is 31.0 Å². The number of aliphatic imine (C=N–C) groups is 1. The zero-order valence-corrected chi connectivity index (χ0v) is 19.2. The normalized spacial score (nSPS) is 11.6. The highest BCUT2D eigenvalue weighted by atomic mass is 127. The van der Waals surface area contributed by atoms with Crippen molar-refractivity contribution >= 4 is 39.8 Å². The minimum atomic E-state index is -3.32. The van der Waals surface area contributed by atoms with Crippen LogP contribution in [0.2, 0.25) is 0 Å². The molecular formula is C20H28IN3O2S. The average Bonchev–Trinajstić information content (AvgIpc) is 2.63. The van der Waals surface area contributed by atoms with E-state index in [0.29, 0.717) is 17.4 Å². The van der Waals surface area contributed by atoms with E-state index < -0.39 is 9.84 Å². The topological polar surface area (TPSA) is 61.8 Å². The molecule has 0 aromatic heterocycles. The molecule has 0 aliphatic heterocycles. The molecule has 0 saturated heterocycles. The van der Waals surface area contributed by atoms with Gasteiger partial charge in [0.1, 0.15) is 0 Å². The maximum absolute atomic E-state index is 12.4. The fourth-order valence-corrected chi connectivity index (χ4v) is 3.74. The lowest BCUT2D eigenvalue weighted by Crippen LogP contribution is -2.39. The molecule has 0 aliphatic carbocycles. The SMILES string of the molecule is CCNC(=NCCS(=O)(=O)c1ccccc1)N(C)Cc1ccccc1C.I. The number of hydrogen-bond donors (Lipinski definition) is 1. The molecule has 0 unspecified atom stereocenters. The van der Waals surface area contributed by atoms with Crippen LogP contribution in [0.5, 0.6) is 0 Å². The second-order valence-electron chi connectivity index (χ2n) is 6.15. The molecule has 0 aliphatic rings. The van der Waals surface area contributed by atoms with Gasteiger partial charge in [0.05, 0.1) is 17.2 Å². The highest BCUT2D eigenvalue weighted by molar-refractivity contribution is 14.0. The van der Waals surface area contributed by atoms with Gasteiger partial charge in [-0.25, -0.2) is 8.42 Å². The third kappa shape index (κ3) is 7.14. The molecule has 2 aromatic rings. The molecule has 0 spiro atoms. The van der Waals surface area contributed by atoms with Crippen molar-refractivity contribution in [3.05, 3.63) is 65.7 Å². The fraction of sp³-hybridized carbons (Fsp3) is 0.350. The molecule has 2 aromatic carbocycles. The van der Waals surface area contributed by atoms with E-state index in [-0.39, 0.29) is 36.3 Å². The Labute approximate surface area is 179 Å². The van der Waals surface area contributed by atoms with E-state index in [2.05, 4.69) is 29.4 Å². The molecule has 0 atom stereocenters. The number of benzene rings is 2. The zero-order chi connectivity index (χ0) is 19.0. The molecule has 7 heteroatoms. The van der Waals surface area contributed by atoms with Crippen LogP contribution in [0, 0.1) is 6.92 Å². The maximum Gasteiger partial charge on any atom is 0.193 e. The number of nitrogens with zero attached hydrogens (tertiary/aromatic N) is 2. The summed E-state index contributed by atoms with van der Waals surface area (Å²) in [5, 5.41) is 3.23. The maximum atomic E-state index is 12.4. The summed E-state index contributed by atoms with van der Waals surface area (Å²) in [7, 11) is -1.36. The Hall–Kier alpha value is -1.61. The molecule has 2 rings (SSSR count). The zero-order valence-electron chi connectivity index (χ0n) is 16.1. The standard InChI is InChI=1S/C20H27N3O2S.HI/c1-4-21-20(23(3)16-18-11-9-8-10-17(18)2)22-14-15-26(24,25)19-12-6-5-7-13-19;/h5-13H,4,14-16H2,1-3H3,(H,21,22);1H. The first-order valence-electron chi connectivity index (χ1n) is 8.76. The van der Waals surface area contributed by atoms with Crippen LogP contribution in [0.15, 0.2) is 64.5 Å². The van der Waals surface area contributed by atoms with Gasteiger partial charge >= 0.3 is 0 Å².